The normalized spacial score (nSPS) is 28.0. The lowest BCUT2D eigenvalue weighted by Crippen LogP contribution is -2.32. The number of carbonyl (C=O) groups is 2. The predicted octanol–water partition coefficient (Wildman–Crippen LogP) is 3.80. The summed E-state index contributed by atoms with van der Waals surface area (Å²) in [5.41, 5.74) is 0.603. The summed E-state index contributed by atoms with van der Waals surface area (Å²) in [7, 11) is 1.59. The number of carbonyl (C=O) groups excluding carboxylic acids is 2. The largest absolute Gasteiger partial charge is 0.493 e. The first-order chi connectivity index (χ1) is 13.2. The van der Waals surface area contributed by atoms with Crippen molar-refractivity contribution in [2.75, 3.05) is 12.0 Å². The molecule has 0 spiro atoms. The Morgan fingerprint density at radius 2 is 1.44 bits per heavy atom. The maximum Gasteiger partial charge on any atom is 0.238 e. The first-order valence-corrected chi connectivity index (χ1v) is 9.14. The number of allylic oxidation sites excluding steroid dienone is 2. The van der Waals surface area contributed by atoms with Gasteiger partial charge in [0.1, 0.15) is 5.75 Å². The first kappa shape index (κ1) is 16.1. The highest BCUT2D eigenvalue weighted by Gasteiger charge is 2.59. The van der Waals surface area contributed by atoms with Crippen molar-refractivity contribution >= 4 is 17.5 Å². The summed E-state index contributed by atoms with van der Waals surface area (Å²) >= 11 is 0. The molecule has 2 bridgehead atoms. The average Bonchev–Trinajstić information content (AvgIpc) is 3.37. The lowest BCUT2D eigenvalue weighted by molar-refractivity contribution is -0.123. The van der Waals surface area contributed by atoms with E-state index in [1.165, 1.54) is 4.90 Å². The van der Waals surface area contributed by atoms with Crippen LogP contribution in [-0.2, 0) is 9.59 Å². The van der Waals surface area contributed by atoms with Crippen LogP contribution >= 0.6 is 0 Å². The Bertz CT molecular complexity index is 919. The molecule has 2 aromatic carbocycles. The summed E-state index contributed by atoms with van der Waals surface area (Å²) < 4.78 is 11.2. The van der Waals surface area contributed by atoms with Crippen molar-refractivity contribution < 1.29 is 19.1 Å². The van der Waals surface area contributed by atoms with Crippen LogP contribution in [0.4, 0.5) is 5.69 Å². The molecule has 27 heavy (non-hydrogen) atoms. The molecule has 2 aromatic rings. The molecule has 2 amide bonds. The summed E-state index contributed by atoms with van der Waals surface area (Å²) in [5, 5.41) is 0. The average molecular weight is 361 g/mol. The molecule has 5 nitrogen and oxygen atoms in total. The number of para-hydroxylation sites is 2. The van der Waals surface area contributed by atoms with Crippen molar-refractivity contribution in [2.45, 2.75) is 6.42 Å². The van der Waals surface area contributed by atoms with Crippen LogP contribution in [0, 0.1) is 23.7 Å². The van der Waals surface area contributed by atoms with Crippen LogP contribution in [0.15, 0.2) is 60.7 Å². The second-order valence-electron chi connectivity index (χ2n) is 7.26. The van der Waals surface area contributed by atoms with Gasteiger partial charge in [-0.1, -0.05) is 24.3 Å². The summed E-state index contributed by atoms with van der Waals surface area (Å²) in [6, 6.07) is 14.4. The van der Waals surface area contributed by atoms with E-state index in [4.69, 9.17) is 9.47 Å². The summed E-state index contributed by atoms with van der Waals surface area (Å²) in [4.78, 5) is 27.1. The Kier molecular flexibility index (Phi) is 3.57. The Morgan fingerprint density at radius 1 is 0.852 bits per heavy atom. The third-order valence-corrected chi connectivity index (χ3v) is 5.86. The number of hydrogen-bond donors (Lipinski definition) is 0. The summed E-state index contributed by atoms with van der Waals surface area (Å²) in [5.74, 6) is 1.79. The summed E-state index contributed by atoms with van der Waals surface area (Å²) in [6.45, 7) is 0. The smallest absolute Gasteiger partial charge is 0.238 e. The minimum Gasteiger partial charge on any atom is -0.493 e. The molecule has 1 saturated carbocycles. The molecule has 0 aromatic heterocycles. The Labute approximate surface area is 157 Å². The monoisotopic (exact) mass is 361 g/mol. The minimum absolute atomic E-state index is 0.0692. The van der Waals surface area contributed by atoms with Gasteiger partial charge in [0.15, 0.2) is 11.5 Å². The number of amides is 2. The minimum atomic E-state index is -0.183. The molecule has 0 N–H and O–H groups in total. The molecule has 0 unspecified atom stereocenters. The molecular formula is C22H19NO4. The van der Waals surface area contributed by atoms with E-state index >= 15 is 0 Å². The lowest BCUT2D eigenvalue weighted by Gasteiger charge is -2.18. The molecule has 1 heterocycles. The van der Waals surface area contributed by atoms with E-state index in [9.17, 15) is 9.59 Å². The van der Waals surface area contributed by atoms with Crippen LogP contribution in [-0.4, -0.2) is 18.9 Å². The van der Waals surface area contributed by atoms with Gasteiger partial charge in [-0.2, -0.15) is 0 Å². The predicted molar refractivity (Wildman–Crippen MR) is 99.7 cm³/mol. The van der Waals surface area contributed by atoms with E-state index in [0.29, 0.717) is 22.9 Å². The molecule has 5 heteroatoms. The molecule has 2 aliphatic carbocycles. The number of imide groups is 1. The van der Waals surface area contributed by atoms with Gasteiger partial charge in [0.25, 0.3) is 0 Å². The van der Waals surface area contributed by atoms with E-state index in [2.05, 4.69) is 12.2 Å². The van der Waals surface area contributed by atoms with Crippen LogP contribution in [0.2, 0.25) is 0 Å². The molecule has 1 aliphatic heterocycles. The second-order valence-corrected chi connectivity index (χ2v) is 7.26. The number of ether oxygens (including phenoxy) is 2. The molecule has 2 fully saturated rings. The van der Waals surface area contributed by atoms with Crippen LogP contribution in [0.25, 0.3) is 0 Å². The fourth-order valence-electron chi connectivity index (χ4n) is 4.65. The van der Waals surface area contributed by atoms with Crippen molar-refractivity contribution in [3.8, 4) is 17.2 Å². The number of methoxy groups -OCH3 is 1. The van der Waals surface area contributed by atoms with Crippen LogP contribution in [0.3, 0.4) is 0 Å². The summed E-state index contributed by atoms with van der Waals surface area (Å²) in [6.07, 6.45) is 5.14. The number of benzene rings is 2. The van der Waals surface area contributed by atoms with Gasteiger partial charge in [-0.3, -0.25) is 14.5 Å². The maximum atomic E-state index is 12.9. The van der Waals surface area contributed by atoms with E-state index in [1.807, 2.05) is 24.3 Å². The Balaban J connectivity index is 1.38. The molecule has 1 saturated heterocycles. The topological polar surface area (TPSA) is 55.8 Å². The van der Waals surface area contributed by atoms with Gasteiger partial charge in [-0.15, -0.1) is 0 Å². The van der Waals surface area contributed by atoms with Gasteiger partial charge in [0.05, 0.1) is 24.6 Å². The van der Waals surface area contributed by atoms with E-state index in [0.717, 1.165) is 6.42 Å². The SMILES string of the molecule is COc1ccccc1Oc1ccc(N2C(=O)[C@@H]3[C@H](C2=O)[C@@H]2C=C[C@@H]3C2)cc1. The molecule has 136 valence electrons. The van der Waals surface area contributed by atoms with Crippen molar-refractivity contribution in [1.29, 1.82) is 0 Å². The van der Waals surface area contributed by atoms with Crippen molar-refractivity contribution in [3.63, 3.8) is 0 Å². The highest BCUT2D eigenvalue weighted by molar-refractivity contribution is 6.22. The third-order valence-electron chi connectivity index (χ3n) is 5.86. The van der Waals surface area contributed by atoms with Crippen LogP contribution in [0.5, 0.6) is 17.2 Å². The standard InChI is InChI=1S/C22H19NO4/c1-26-17-4-2-3-5-18(17)27-16-10-8-15(9-11-16)23-21(24)19-13-6-7-14(12-13)20(19)22(23)25/h2-11,13-14,19-20H,12H2,1H3/t13-,14-,19-,20+/m1/s1. The van der Waals surface area contributed by atoms with Gasteiger partial charge in [-0.25, -0.2) is 0 Å². The van der Waals surface area contributed by atoms with E-state index in [-0.39, 0.29) is 35.5 Å². The quantitative estimate of drug-likeness (QED) is 0.614. The van der Waals surface area contributed by atoms with Gasteiger partial charge >= 0.3 is 0 Å². The van der Waals surface area contributed by atoms with Gasteiger partial charge in [0.2, 0.25) is 11.8 Å². The first-order valence-electron chi connectivity index (χ1n) is 9.14. The zero-order valence-electron chi connectivity index (χ0n) is 14.9. The van der Waals surface area contributed by atoms with Crippen molar-refractivity contribution in [3.05, 3.63) is 60.7 Å². The molecular weight excluding hydrogens is 342 g/mol. The molecule has 3 aliphatic rings. The van der Waals surface area contributed by atoms with E-state index in [1.54, 1.807) is 31.4 Å². The zero-order chi connectivity index (χ0) is 18.5. The second kappa shape index (κ2) is 5.98. The fourth-order valence-corrected chi connectivity index (χ4v) is 4.65. The number of anilines is 1. The molecule has 0 radical (unpaired) electrons. The zero-order valence-corrected chi connectivity index (χ0v) is 14.9. The lowest BCUT2D eigenvalue weighted by atomic mass is 9.85. The van der Waals surface area contributed by atoms with Gasteiger partial charge in [-0.05, 0) is 54.7 Å². The third kappa shape index (κ3) is 2.38. The Morgan fingerprint density at radius 3 is 2.04 bits per heavy atom. The highest BCUT2D eigenvalue weighted by Crippen LogP contribution is 2.53. The number of fused-ring (bicyclic) bond motifs is 5. The number of nitrogens with zero attached hydrogens (tertiary/aromatic N) is 1. The number of hydrogen-bond acceptors (Lipinski definition) is 4. The van der Waals surface area contributed by atoms with Gasteiger partial charge in [0, 0.05) is 0 Å². The van der Waals surface area contributed by atoms with E-state index < -0.39 is 0 Å². The molecule has 4 atom stereocenters. The number of rotatable bonds is 4. The fraction of sp³-hybridized carbons (Fsp3) is 0.273. The maximum absolute atomic E-state index is 12.9. The Hall–Kier alpha value is -3.08. The van der Waals surface area contributed by atoms with Crippen molar-refractivity contribution in [1.82, 2.24) is 0 Å². The van der Waals surface area contributed by atoms with Gasteiger partial charge < -0.3 is 9.47 Å². The highest BCUT2D eigenvalue weighted by atomic mass is 16.5. The van der Waals surface area contributed by atoms with Crippen LogP contribution in [0.1, 0.15) is 6.42 Å². The van der Waals surface area contributed by atoms with Crippen molar-refractivity contribution in [2.24, 2.45) is 23.7 Å². The molecule has 5 rings (SSSR count). The van der Waals surface area contributed by atoms with Crippen LogP contribution < -0.4 is 14.4 Å².